The lowest BCUT2D eigenvalue weighted by Gasteiger charge is -2.27. The van der Waals surface area contributed by atoms with Crippen LogP contribution in [-0.4, -0.2) is 173 Å². The number of imidazole rings is 4. The van der Waals surface area contributed by atoms with E-state index < -0.39 is 71.7 Å². The molecule has 1 fully saturated rings. The van der Waals surface area contributed by atoms with Crippen molar-refractivity contribution in [3.05, 3.63) is 219 Å². The van der Waals surface area contributed by atoms with Crippen LogP contribution in [0.25, 0.3) is 44.1 Å². The summed E-state index contributed by atoms with van der Waals surface area (Å²) in [5, 5.41) is 37.7. The standard InChI is InChI=1S/C83H83N25O12/c1-8-104-63(38-46(4)96-104)74(114)92-80-87-54-19-11-12-20-58(54)100(80)33-13-14-34-101-59-25-22-50(42-55(59)88-81(101)93-75(115)64-39-47(5)97-105(64)9-2)30-37-107-66(41-49(7)99-107)77(117)95-82-89-56-43-51(71(84)111)23-26-60(56)102(82)35-15-16-36-103-61-27-24-52(44-57(61)90-83(103)94-76(116)65-40-48(6)98-106(65)10-3)72(112)86-32-31-85-69(110)45-120-67-21-17-18-53-70(67)79(119)108(78(53)118)62-28-29-68(109)91-73(62)113/h11-27,38-44,62H,8-10,28-37,45H2,1-7H3,(H2,84,111)(H,85,110)(H,86,112)(H,87,92,114)(H,88,93,115)(H,89,95,117)(H,90,94,116)(H,91,109,113)/b14-13+,16-15+. The van der Waals surface area contributed by atoms with Gasteiger partial charge in [0.1, 0.15) is 34.6 Å². The van der Waals surface area contributed by atoms with Crippen molar-refractivity contribution in [1.29, 1.82) is 0 Å². The first kappa shape index (κ1) is 79.9. The molecule has 1 saturated heterocycles. The molecule has 1 unspecified atom stereocenters. The molecule has 5 aromatic carbocycles. The van der Waals surface area contributed by atoms with Gasteiger partial charge in [-0.1, -0.05) is 48.6 Å². The van der Waals surface area contributed by atoms with E-state index in [1.165, 1.54) is 24.3 Å². The summed E-state index contributed by atoms with van der Waals surface area (Å²) in [6, 6.07) is 32.9. The van der Waals surface area contributed by atoms with Crippen LogP contribution in [0.1, 0.15) is 145 Å². The smallest absolute Gasteiger partial charge is 0.276 e. The summed E-state index contributed by atoms with van der Waals surface area (Å²) in [5.74, 6) is -5.49. The Balaban J connectivity index is 0.625. The molecular formula is C83H83N25O12. The molecule has 0 spiro atoms. The minimum absolute atomic E-state index is 0.0164. The van der Waals surface area contributed by atoms with Gasteiger partial charge < -0.3 is 39.4 Å². The zero-order chi connectivity index (χ0) is 84.3. The summed E-state index contributed by atoms with van der Waals surface area (Å²) in [6.07, 6.45) is 7.88. The quantitative estimate of drug-likeness (QED) is 0.0119. The first-order valence-electron chi connectivity index (χ1n) is 38.9. The minimum Gasteiger partial charge on any atom is -0.483 e. The molecule has 2 aliphatic rings. The second kappa shape index (κ2) is 33.9. The number of anilines is 4. The number of amides is 11. The molecule has 10 heterocycles. The second-order valence-electron chi connectivity index (χ2n) is 28.7. The van der Waals surface area contributed by atoms with Crippen molar-refractivity contribution in [2.24, 2.45) is 5.73 Å². The Morgan fingerprint density at radius 1 is 0.483 bits per heavy atom. The maximum atomic E-state index is 14.7. The van der Waals surface area contributed by atoms with Gasteiger partial charge in [0.25, 0.3) is 47.3 Å². The predicted molar refractivity (Wildman–Crippen MR) is 440 cm³/mol. The molecule has 612 valence electrons. The number of nitrogens with zero attached hydrogens (tertiary/aromatic N) is 17. The number of carbonyl (C=O) groups excluding carboxylic acids is 11. The number of hydrogen-bond donors (Lipinski definition) is 8. The maximum Gasteiger partial charge on any atom is 0.276 e. The summed E-state index contributed by atoms with van der Waals surface area (Å²) in [5.41, 5.74) is 15.4. The van der Waals surface area contributed by atoms with Gasteiger partial charge in [-0.2, -0.15) is 20.4 Å². The van der Waals surface area contributed by atoms with Gasteiger partial charge in [0.2, 0.25) is 41.5 Å². The van der Waals surface area contributed by atoms with E-state index in [2.05, 4.69) is 52.5 Å². The van der Waals surface area contributed by atoms with E-state index in [1.54, 1.807) is 96.3 Å². The molecule has 0 aliphatic carbocycles. The maximum absolute atomic E-state index is 14.7. The van der Waals surface area contributed by atoms with Crippen LogP contribution in [0.2, 0.25) is 0 Å². The number of piperidine rings is 1. The lowest BCUT2D eigenvalue weighted by Crippen LogP contribution is -2.54. The van der Waals surface area contributed by atoms with Gasteiger partial charge in [-0.15, -0.1) is 0 Å². The van der Waals surface area contributed by atoms with Gasteiger partial charge in [0.05, 0.1) is 78.0 Å². The highest BCUT2D eigenvalue weighted by Gasteiger charge is 2.46. The van der Waals surface area contributed by atoms with Crippen molar-refractivity contribution in [2.75, 3.05) is 41.0 Å². The van der Waals surface area contributed by atoms with Crippen molar-refractivity contribution in [3.63, 3.8) is 0 Å². The number of rotatable bonds is 31. The fraction of sp³-hybridized carbons (Fsp3) is 0.265. The van der Waals surface area contributed by atoms with Gasteiger partial charge in [0, 0.05) is 83.0 Å². The van der Waals surface area contributed by atoms with Crippen LogP contribution < -0.4 is 47.7 Å². The number of primary amides is 1. The van der Waals surface area contributed by atoms with Crippen LogP contribution in [0.3, 0.4) is 0 Å². The third kappa shape index (κ3) is 16.4. The lowest BCUT2D eigenvalue weighted by molar-refractivity contribution is -0.136. The Labute approximate surface area is 683 Å². The zero-order valence-electron chi connectivity index (χ0n) is 66.4. The Morgan fingerprint density at radius 3 is 1.43 bits per heavy atom. The number of aryl methyl sites for hydroxylation is 9. The largest absolute Gasteiger partial charge is 0.483 e. The molecule has 37 heteroatoms. The van der Waals surface area contributed by atoms with Crippen molar-refractivity contribution in [1.82, 2.24) is 98.2 Å². The third-order valence-electron chi connectivity index (χ3n) is 20.5. The second-order valence-corrected chi connectivity index (χ2v) is 28.7. The van der Waals surface area contributed by atoms with Gasteiger partial charge in [-0.05, 0) is 164 Å². The number of benzene rings is 5. The number of carbonyl (C=O) groups is 11. The highest BCUT2D eigenvalue weighted by Crippen LogP contribution is 2.35. The monoisotopic (exact) mass is 1620 g/mol. The number of allylic oxidation sites excluding steroid dienone is 4. The topological polar surface area (TPSA) is 453 Å². The fourth-order valence-corrected chi connectivity index (χ4v) is 14.8. The number of fused-ring (bicyclic) bond motifs is 5. The highest BCUT2D eigenvalue weighted by atomic mass is 16.5. The summed E-state index contributed by atoms with van der Waals surface area (Å²) < 4.78 is 19.5. The first-order valence-corrected chi connectivity index (χ1v) is 38.9. The number of nitrogens with two attached hydrogens (primary N) is 1. The van der Waals surface area contributed by atoms with Crippen LogP contribution >= 0.6 is 0 Å². The fourth-order valence-electron chi connectivity index (χ4n) is 14.8. The summed E-state index contributed by atoms with van der Waals surface area (Å²) in [4.78, 5) is 167. The zero-order valence-corrected chi connectivity index (χ0v) is 66.4. The minimum atomic E-state index is -1.19. The molecule has 1 atom stereocenters. The molecule has 0 bridgehead atoms. The van der Waals surface area contributed by atoms with E-state index in [1.807, 2.05) is 111 Å². The highest BCUT2D eigenvalue weighted by molar-refractivity contribution is 6.24. The van der Waals surface area contributed by atoms with E-state index >= 15 is 0 Å². The molecule has 120 heavy (non-hydrogen) atoms. The summed E-state index contributed by atoms with van der Waals surface area (Å²) >= 11 is 0. The Bertz CT molecular complexity index is 6430. The molecular weight excluding hydrogens is 1540 g/mol. The average Bonchev–Trinajstić information content (AvgIpc) is 1.59. The molecule has 2 aliphatic heterocycles. The van der Waals surface area contributed by atoms with Crippen LogP contribution in [0.4, 0.5) is 23.8 Å². The molecule has 0 saturated carbocycles. The van der Waals surface area contributed by atoms with E-state index in [-0.39, 0.29) is 109 Å². The Hall–Kier alpha value is -15.3. The van der Waals surface area contributed by atoms with Gasteiger partial charge in [-0.3, -0.25) is 103 Å². The number of hydrogen-bond acceptors (Lipinski definition) is 20. The molecule has 9 N–H and O–H groups in total. The number of aromatic nitrogens is 16. The normalized spacial score (nSPS) is 13.5. The van der Waals surface area contributed by atoms with Crippen LogP contribution in [-0.2, 0) is 73.2 Å². The van der Waals surface area contributed by atoms with Crippen molar-refractivity contribution < 1.29 is 57.5 Å². The van der Waals surface area contributed by atoms with Gasteiger partial charge in [-0.25, -0.2) is 19.9 Å². The Kier molecular flexibility index (Phi) is 22.5. The predicted octanol–water partition coefficient (Wildman–Crippen LogP) is 7.35. The van der Waals surface area contributed by atoms with E-state index in [4.69, 9.17) is 35.5 Å². The third-order valence-corrected chi connectivity index (χ3v) is 20.5. The van der Waals surface area contributed by atoms with Crippen molar-refractivity contribution >= 4 is 133 Å². The van der Waals surface area contributed by atoms with E-state index in [0.29, 0.717) is 106 Å². The van der Waals surface area contributed by atoms with E-state index in [9.17, 15) is 52.7 Å². The average molecular weight is 1620 g/mol. The number of imide groups is 2. The molecule has 8 aromatic heterocycles. The number of nitrogens with one attached hydrogen (secondary N) is 7. The molecule has 0 radical (unpaired) electrons. The Morgan fingerprint density at radius 2 is 0.925 bits per heavy atom. The first-order chi connectivity index (χ1) is 57.9. The summed E-state index contributed by atoms with van der Waals surface area (Å²) in [6.45, 7) is 14.8. The SMILES string of the molecule is CCn1nc(C)cc1C(=O)Nc1nc2ccccc2n1C/C=C/Cn1c(NC(=O)c2cc(C)nn2CC)nc2cc(CCn3nc(C)cc3C(=O)Nc3nc4cc(C(N)=O)ccc4n3C/C=C/Cn3c(NC(=O)c4cc(C)nn4CC)nc4cc(C(=O)NCCNC(=O)COc5cccc6c5C(=O)N(C5CCC(=O)NC5=O)C6=O)ccc43)ccc21. The van der Waals surface area contributed by atoms with Gasteiger partial charge >= 0.3 is 0 Å². The molecule has 15 rings (SSSR count). The van der Waals surface area contributed by atoms with Crippen LogP contribution in [0.5, 0.6) is 5.75 Å². The van der Waals surface area contributed by atoms with Crippen molar-refractivity contribution in [3.8, 4) is 5.75 Å². The van der Waals surface area contributed by atoms with Gasteiger partial charge in [0.15, 0.2) is 6.61 Å². The van der Waals surface area contributed by atoms with Crippen molar-refractivity contribution in [2.45, 2.75) is 126 Å². The number of ether oxygens (including phenoxy) is 1. The van der Waals surface area contributed by atoms with E-state index in [0.717, 1.165) is 27.2 Å². The van der Waals surface area contributed by atoms with Crippen LogP contribution in [0.15, 0.2) is 146 Å². The molecule has 13 aromatic rings. The van der Waals surface area contributed by atoms with Crippen LogP contribution in [0, 0.1) is 27.7 Å². The summed E-state index contributed by atoms with van der Waals surface area (Å²) in [7, 11) is 0. The number of para-hydroxylation sites is 2. The molecule has 11 amide bonds. The molecule has 37 nitrogen and oxygen atoms in total. The lowest BCUT2D eigenvalue weighted by atomic mass is 10.0.